The van der Waals surface area contributed by atoms with Crippen molar-refractivity contribution in [3.63, 3.8) is 0 Å². The predicted molar refractivity (Wildman–Crippen MR) is 83.2 cm³/mol. The molecule has 2 aromatic rings. The Balaban J connectivity index is 2.03. The van der Waals surface area contributed by atoms with E-state index in [2.05, 4.69) is 5.32 Å². The van der Waals surface area contributed by atoms with Crippen LogP contribution < -0.4 is 10.1 Å². The van der Waals surface area contributed by atoms with Gasteiger partial charge in [0.15, 0.2) is 23.3 Å². The molecule has 0 heterocycles. The Bertz CT molecular complexity index is 754. The molecule has 0 aliphatic carbocycles. The minimum atomic E-state index is -2.24. The van der Waals surface area contributed by atoms with E-state index >= 15 is 0 Å². The quantitative estimate of drug-likeness (QED) is 0.348. The van der Waals surface area contributed by atoms with Crippen molar-refractivity contribution in [2.24, 2.45) is 0 Å². The summed E-state index contributed by atoms with van der Waals surface area (Å²) in [5.41, 5.74) is 0.395. The van der Waals surface area contributed by atoms with Crippen LogP contribution in [-0.4, -0.2) is 18.3 Å². The normalized spacial score (nSPS) is 10.6. The number of carbonyl (C=O) groups excluding carboxylic acids is 1. The topological polar surface area (TPSA) is 38.3 Å². The van der Waals surface area contributed by atoms with E-state index in [1.54, 1.807) is 24.3 Å². The third-order valence-corrected chi connectivity index (χ3v) is 4.02. The van der Waals surface area contributed by atoms with E-state index in [0.29, 0.717) is 18.0 Å². The van der Waals surface area contributed by atoms with Crippen molar-refractivity contribution >= 4 is 23.4 Å². The average Bonchev–Trinajstić information content (AvgIpc) is 2.60. The summed E-state index contributed by atoms with van der Waals surface area (Å²) in [5.74, 6) is -10.9. The first kappa shape index (κ1) is 19.0. The zero-order valence-corrected chi connectivity index (χ0v) is 13.7. The van der Waals surface area contributed by atoms with Crippen molar-refractivity contribution in [3.05, 3.63) is 53.4 Å². The van der Waals surface area contributed by atoms with Crippen LogP contribution in [0.4, 0.5) is 27.6 Å². The molecule has 0 aliphatic rings. The molecule has 1 amide bonds. The Kier molecular flexibility index (Phi) is 6.24. The second-order valence-electron chi connectivity index (χ2n) is 4.69. The summed E-state index contributed by atoms with van der Waals surface area (Å²) >= 11 is 0.216. The van der Waals surface area contributed by atoms with Gasteiger partial charge in [0.25, 0.3) is 0 Å². The van der Waals surface area contributed by atoms with E-state index in [1.807, 2.05) is 6.92 Å². The number of thioether (sulfide) groups is 1. The Hall–Kier alpha value is -2.29. The number of nitrogens with one attached hydrogen (secondary N) is 1. The minimum Gasteiger partial charge on any atom is -0.494 e. The molecular weight excluding hydrogens is 365 g/mol. The molecule has 0 fully saturated rings. The van der Waals surface area contributed by atoms with Gasteiger partial charge in [-0.1, -0.05) is 0 Å². The molecule has 2 aromatic carbocycles. The maximum absolute atomic E-state index is 13.5. The summed E-state index contributed by atoms with van der Waals surface area (Å²) in [6.07, 6.45) is 0. The number of carbonyl (C=O) groups is 1. The maximum atomic E-state index is 13.5. The monoisotopic (exact) mass is 377 g/mol. The van der Waals surface area contributed by atoms with Gasteiger partial charge in [-0.3, -0.25) is 4.79 Å². The predicted octanol–water partition coefficient (Wildman–Crippen LogP) is 4.51. The smallest absolute Gasteiger partial charge is 0.234 e. The number of ether oxygens (including phenoxy) is 1. The Morgan fingerprint density at radius 1 is 0.960 bits per heavy atom. The highest BCUT2D eigenvalue weighted by Gasteiger charge is 2.26. The van der Waals surface area contributed by atoms with Crippen LogP contribution in [0.1, 0.15) is 6.92 Å². The first-order chi connectivity index (χ1) is 11.8. The van der Waals surface area contributed by atoms with Gasteiger partial charge in [0.1, 0.15) is 5.75 Å². The van der Waals surface area contributed by atoms with Gasteiger partial charge in [-0.2, -0.15) is 0 Å². The summed E-state index contributed by atoms with van der Waals surface area (Å²) in [5, 5.41) is 2.44. The summed E-state index contributed by atoms with van der Waals surface area (Å²) in [6.45, 7) is 2.29. The first-order valence-corrected chi connectivity index (χ1v) is 8.00. The molecule has 0 aliphatic heterocycles. The van der Waals surface area contributed by atoms with E-state index in [-0.39, 0.29) is 11.8 Å². The average molecular weight is 377 g/mol. The lowest BCUT2D eigenvalue weighted by molar-refractivity contribution is -0.113. The SMILES string of the molecule is CCOc1ccc(NC(=O)CSc2c(F)c(F)c(F)c(F)c2F)cc1. The van der Waals surface area contributed by atoms with Crippen molar-refractivity contribution in [2.45, 2.75) is 11.8 Å². The molecule has 0 unspecified atom stereocenters. The second-order valence-corrected chi connectivity index (χ2v) is 5.68. The Morgan fingerprint density at radius 2 is 1.48 bits per heavy atom. The fourth-order valence-corrected chi connectivity index (χ4v) is 2.63. The standard InChI is InChI=1S/C16H12F5NO2S/c1-2-24-9-5-3-8(4-6-9)22-10(23)7-25-16-14(20)12(18)11(17)13(19)15(16)21/h3-6H,2,7H2,1H3,(H,22,23). The van der Waals surface area contributed by atoms with Crippen molar-refractivity contribution in [1.29, 1.82) is 0 Å². The minimum absolute atomic E-state index is 0.216. The van der Waals surface area contributed by atoms with Crippen molar-refractivity contribution in [1.82, 2.24) is 0 Å². The summed E-state index contributed by atoms with van der Waals surface area (Å²) in [6, 6.07) is 6.31. The van der Waals surface area contributed by atoms with Crippen LogP contribution in [0.2, 0.25) is 0 Å². The number of anilines is 1. The van der Waals surface area contributed by atoms with E-state index in [4.69, 9.17) is 4.74 Å². The molecule has 0 spiro atoms. The number of hydrogen-bond donors (Lipinski definition) is 1. The van der Waals surface area contributed by atoms with E-state index in [9.17, 15) is 26.7 Å². The number of rotatable bonds is 6. The van der Waals surface area contributed by atoms with Gasteiger partial charge < -0.3 is 10.1 Å². The molecule has 0 radical (unpaired) electrons. The van der Waals surface area contributed by atoms with Gasteiger partial charge >= 0.3 is 0 Å². The molecule has 0 atom stereocenters. The largest absolute Gasteiger partial charge is 0.494 e. The van der Waals surface area contributed by atoms with Crippen LogP contribution in [0.3, 0.4) is 0 Å². The highest BCUT2D eigenvalue weighted by Crippen LogP contribution is 2.30. The highest BCUT2D eigenvalue weighted by molar-refractivity contribution is 8.00. The summed E-state index contributed by atoms with van der Waals surface area (Å²) in [7, 11) is 0. The first-order valence-electron chi connectivity index (χ1n) is 7.02. The van der Waals surface area contributed by atoms with Gasteiger partial charge in [-0.15, -0.1) is 11.8 Å². The zero-order chi connectivity index (χ0) is 18.6. The number of hydrogen-bond acceptors (Lipinski definition) is 3. The Labute approximate surface area is 144 Å². The lowest BCUT2D eigenvalue weighted by Gasteiger charge is -2.09. The van der Waals surface area contributed by atoms with Gasteiger partial charge in [0.2, 0.25) is 11.7 Å². The van der Waals surface area contributed by atoms with Crippen LogP contribution in [0.15, 0.2) is 29.2 Å². The molecule has 2 rings (SSSR count). The third kappa shape index (κ3) is 4.41. The van der Waals surface area contributed by atoms with Crippen molar-refractivity contribution in [3.8, 4) is 5.75 Å². The van der Waals surface area contributed by atoms with Crippen LogP contribution >= 0.6 is 11.8 Å². The van der Waals surface area contributed by atoms with Crippen molar-refractivity contribution < 1.29 is 31.5 Å². The Morgan fingerprint density at radius 3 is 2.00 bits per heavy atom. The van der Waals surface area contributed by atoms with Gasteiger partial charge in [0, 0.05) is 5.69 Å². The summed E-state index contributed by atoms with van der Waals surface area (Å²) < 4.78 is 71.4. The maximum Gasteiger partial charge on any atom is 0.234 e. The number of benzene rings is 2. The second kappa shape index (κ2) is 8.19. The van der Waals surface area contributed by atoms with Gasteiger partial charge in [0.05, 0.1) is 17.3 Å². The molecule has 134 valence electrons. The zero-order valence-electron chi connectivity index (χ0n) is 12.8. The number of amides is 1. The molecule has 0 aromatic heterocycles. The van der Waals surface area contributed by atoms with Crippen LogP contribution in [0, 0.1) is 29.1 Å². The molecule has 0 bridgehead atoms. The van der Waals surface area contributed by atoms with Crippen LogP contribution in [-0.2, 0) is 4.79 Å². The third-order valence-electron chi connectivity index (χ3n) is 2.97. The molecule has 3 nitrogen and oxygen atoms in total. The fraction of sp³-hybridized carbons (Fsp3) is 0.188. The molecule has 25 heavy (non-hydrogen) atoms. The van der Waals surface area contributed by atoms with Crippen LogP contribution in [0.5, 0.6) is 5.75 Å². The molecule has 9 heteroatoms. The molecule has 0 saturated heterocycles. The van der Waals surface area contributed by atoms with E-state index < -0.39 is 45.6 Å². The van der Waals surface area contributed by atoms with Gasteiger partial charge in [-0.25, -0.2) is 22.0 Å². The molecular formula is C16H12F5NO2S. The lowest BCUT2D eigenvalue weighted by atomic mass is 10.3. The lowest BCUT2D eigenvalue weighted by Crippen LogP contribution is -2.14. The van der Waals surface area contributed by atoms with Crippen LogP contribution in [0.25, 0.3) is 0 Å². The van der Waals surface area contributed by atoms with E-state index in [1.165, 1.54) is 0 Å². The fourth-order valence-electron chi connectivity index (χ4n) is 1.85. The summed E-state index contributed by atoms with van der Waals surface area (Å²) in [4.78, 5) is 10.7. The molecule has 1 N–H and O–H groups in total. The number of halogens is 5. The molecule has 0 saturated carbocycles. The van der Waals surface area contributed by atoms with Crippen molar-refractivity contribution in [2.75, 3.05) is 17.7 Å². The van der Waals surface area contributed by atoms with Gasteiger partial charge in [-0.05, 0) is 31.2 Å². The highest BCUT2D eigenvalue weighted by atomic mass is 32.2. The van der Waals surface area contributed by atoms with E-state index in [0.717, 1.165) is 0 Å².